The van der Waals surface area contributed by atoms with E-state index >= 15 is 0 Å². The molecule has 0 unspecified atom stereocenters. The van der Waals surface area contributed by atoms with E-state index in [9.17, 15) is 14.9 Å². The molecule has 0 saturated heterocycles. The Morgan fingerprint density at radius 1 is 1.62 bits per heavy atom. The lowest BCUT2D eigenvalue weighted by molar-refractivity contribution is -0.385. The van der Waals surface area contributed by atoms with Crippen LogP contribution in [0.5, 0.6) is 0 Å². The number of hydrogen-bond acceptors (Lipinski definition) is 6. The van der Waals surface area contributed by atoms with Crippen molar-refractivity contribution in [2.24, 2.45) is 0 Å². The molecule has 0 aliphatic heterocycles. The second-order valence-electron chi connectivity index (χ2n) is 2.82. The number of carbonyl (C=O) groups excluding carboxylic acids is 1. The number of esters is 1. The molecule has 0 spiro atoms. The minimum absolute atomic E-state index is 0.0379. The number of methoxy groups -OCH3 is 1. The Labute approximate surface area is 90.2 Å². The fraction of sp³-hybridized carbons (Fsp3) is 0.111. The van der Waals surface area contributed by atoms with Crippen LogP contribution >= 0.6 is 0 Å². The predicted octanol–water partition coefficient (Wildman–Crippen LogP) is 0.835. The molecule has 1 aromatic rings. The molecule has 16 heavy (non-hydrogen) atoms. The van der Waals surface area contributed by atoms with Crippen molar-refractivity contribution in [1.29, 1.82) is 5.26 Å². The molecule has 1 aromatic carbocycles. The molecule has 2 N–H and O–H groups in total. The molecule has 0 atom stereocenters. The standard InChI is InChI=1S/C9H7N3O4/c1-16-9(13)8-5(4-10)2-6(11)3-7(8)12(14)15/h2-3H,11H2,1H3. The summed E-state index contributed by atoms with van der Waals surface area (Å²) in [6, 6.07) is 3.85. The first-order valence-electron chi connectivity index (χ1n) is 4.07. The van der Waals surface area contributed by atoms with Crippen LogP contribution in [0.3, 0.4) is 0 Å². The minimum Gasteiger partial charge on any atom is -0.465 e. The maximum atomic E-state index is 11.3. The van der Waals surface area contributed by atoms with Crippen LogP contribution in [0.25, 0.3) is 0 Å². The lowest BCUT2D eigenvalue weighted by Crippen LogP contribution is -2.09. The van der Waals surface area contributed by atoms with Crippen LogP contribution in [-0.2, 0) is 4.74 Å². The summed E-state index contributed by atoms with van der Waals surface area (Å²) in [5.41, 5.74) is 4.31. The molecule has 0 heterocycles. The third kappa shape index (κ3) is 1.90. The van der Waals surface area contributed by atoms with Crippen LogP contribution in [0.15, 0.2) is 12.1 Å². The molecule has 0 bridgehead atoms. The summed E-state index contributed by atoms with van der Waals surface area (Å²) >= 11 is 0. The van der Waals surface area contributed by atoms with Crippen molar-refractivity contribution in [2.45, 2.75) is 0 Å². The number of carbonyl (C=O) groups is 1. The van der Waals surface area contributed by atoms with E-state index in [0.717, 1.165) is 13.2 Å². The molecule has 1 rings (SSSR count). The summed E-state index contributed by atoms with van der Waals surface area (Å²) in [6.45, 7) is 0. The number of nitriles is 1. The first kappa shape index (κ1) is 11.5. The van der Waals surface area contributed by atoms with E-state index in [0.29, 0.717) is 0 Å². The van der Waals surface area contributed by atoms with Gasteiger partial charge in [-0.1, -0.05) is 0 Å². The highest BCUT2D eigenvalue weighted by atomic mass is 16.6. The van der Waals surface area contributed by atoms with Crippen LogP contribution in [-0.4, -0.2) is 18.0 Å². The lowest BCUT2D eigenvalue weighted by atomic mass is 10.1. The first-order valence-corrected chi connectivity index (χ1v) is 4.07. The zero-order valence-corrected chi connectivity index (χ0v) is 8.26. The van der Waals surface area contributed by atoms with Crippen molar-refractivity contribution in [1.82, 2.24) is 0 Å². The average molecular weight is 221 g/mol. The lowest BCUT2D eigenvalue weighted by Gasteiger charge is -2.04. The van der Waals surface area contributed by atoms with Crippen LogP contribution in [0.1, 0.15) is 15.9 Å². The van der Waals surface area contributed by atoms with Gasteiger partial charge in [0.05, 0.1) is 17.6 Å². The molecule has 0 fully saturated rings. The Bertz CT molecular complexity index is 504. The SMILES string of the molecule is COC(=O)c1c(C#N)cc(N)cc1[N+](=O)[O-]. The van der Waals surface area contributed by atoms with Crippen LogP contribution in [0.2, 0.25) is 0 Å². The number of benzene rings is 1. The van der Waals surface area contributed by atoms with Gasteiger partial charge < -0.3 is 10.5 Å². The van der Waals surface area contributed by atoms with Gasteiger partial charge in [0.1, 0.15) is 6.07 Å². The van der Waals surface area contributed by atoms with E-state index in [1.165, 1.54) is 6.07 Å². The smallest absolute Gasteiger partial charge is 0.346 e. The van der Waals surface area contributed by atoms with Crippen LogP contribution in [0.4, 0.5) is 11.4 Å². The molecule has 7 nitrogen and oxygen atoms in total. The number of nitrogens with two attached hydrogens (primary N) is 1. The fourth-order valence-electron chi connectivity index (χ4n) is 1.20. The quantitative estimate of drug-likeness (QED) is 0.342. The monoisotopic (exact) mass is 221 g/mol. The Kier molecular flexibility index (Phi) is 3.06. The van der Waals surface area contributed by atoms with E-state index < -0.39 is 16.6 Å². The minimum atomic E-state index is -0.941. The summed E-state index contributed by atoms with van der Waals surface area (Å²) < 4.78 is 4.37. The van der Waals surface area contributed by atoms with Crippen molar-refractivity contribution in [2.75, 3.05) is 12.8 Å². The highest BCUT2D eigenvalue weighted by Crippen LogP contribution is 2.26. The van der Waals surface area contributed by atoms with Crippen LogP contribution < -0.4 is 5.73 Å². The summed E-state index contributed by atoms with van der Waals surface area (Å²) in [7, 11) is 1.07. The summed E-state index contributed by atoms with van der Waals surface area (Å²) in [5.74, 6) is -0.941. The zero-order chi connectivity index (χ0) is 12.3. The van der Waals surface area contributed by atoms with Gasteiger partial charge in [-0.2, -0.15) is 5.26 Å². The molecule has 0 aromatic heterocycles. The molecule has 0 aliphatic rings. The van der Waals surface area contributed by atoms with Crippen molar-refractivity contribution in [3.63, 3.8) is 0 Å². The normalized spacial score (nSPS) is 9.25. The highest BCUT2D eigenvalue weighted by molar-refractivity contribution is 5.97. The van der Waals surface area contributed by atoms with Gasteiger partial charge in [0, 0.05) is 11.8 Å². The Morgan fingerprint density at radius 2 is 2.25 bits per heavy atom. The molecule has 0 aliphatic carbocycles. The second kappa shape index (κ2) is 4.27. The molecular formula is C9H7N3O4. The number of nitro groups is 1. The van der Waals surface area contributed by atoms with Crippen molar-refractivity contribution in [3.05, 3.63) is 33.4 Å². The van der Waals surface area contributed by atoms with Gasteiger partial charge in [0.2, 0.25) is 0 Å². The third-order valence-electron chi connectivity index (χ3n) is 1.85. The van der Waals surface area contributed by atoms with Crippen LogP contribution in [0, 0.1) is 21.4 Å². The third-order valence-corrected chi connectivity index (χ3v) is 1.85. The van der Waals surface area contributed by atoms with E-state index in [2.05, 4.69) is 4.74 Å². The van der Waals surface area contributed by atoms with Crippen molar-refractivity contribution in [3.8, 4) is 6.07 Å². The van der Waals surface area contributed by atoms with Gasteiger partial charge >= 0.3 is 5.97 Å². The molecule has 82 valence electrons. The maximum absolute atomic E-state index is 11.3. The second-order valence-corrected chi connectivity index (χ2v) is 2.82. The molecule has 7 heteroatoms. The number of rotatable bonds is 2. The highest BCUT2D eigenvalue weighted by Gasteiger charge is 2.25. The number of ether oxygens (including phenoxy) is 1. The van der Waals surface area contributed by atoms with Crippen molar-refractivity contribution >= 4 is 17.3 Å². The average Bonchev–Trinajstić information content (AvgIpc) is 2.26. The predicted molar refractivity (Wildman–Crippen MR) is 53.6 cm³/mol. The first-order chi connectivity index (χ1) is 7.51. The molecule has 0 saturated carbocycles. The van der Waals surface area contributed by atoms with Gasteiger partial charge in [-0.05, 0) is 6.07 Å². The van der Waals surface area contributed by atoms with Gasteiger partial charge in [0.25, 0.3) is 5.69 Å². The summed E-state index contributed by atoms with van der Waals surface area (Å²) in [5, 5.41) is 19.5. The molecule has 0 amide bonds. The number of nitrogens with zero attached hydrogens (tertiary/aromatic N) is 2. The Hall–Kier alpha value is -2.62. The largest absolute Gasteiger partial charge is 0.465 e. The van der Waals surface area contributed by atoms with Crippen molar-refractivity contribution < 1.29 is 14.5 Å². The Balaban J connectivity index is 3.59. The van der Waals surface area contributed by atoms with E-state index in [4.69, 9.17) is 11.0 Å². The topological polar surface area (TPSA) is 119 Å². The number of anilines is 1. The van der Waals surface area contributed by atoms with E-state index in [-0.39, 0.29) is 16.8 Å². The fourth-order valence-corrected chi connectivity index (χ4v) is 1.20. The summed E-state index contributed by atoms with van der Waals surface area (Å²) in [6.07, 6.45) is 0. The zero-order valence-electron chi connectivity index (χ0n) is 8.26. The number of nitrogen functional groups attached to an aromatic ring is 1. The van der Waals surface area contributed by atoms with Gasteiger partial charge in [-0.3, -0.25) is 10.1 Å². The van der Waals surface area contributed by atoms with Gasteiger partial charge in [-0.15, -0.1) is 0 Å². The Morgan fingerprint density at radius 3 is 2.69 bits per heavy atom. The number of nitro benzene ring substituents is 1. The van der Waals surface area contributed by atoms with Gasteiger partial charge in [0.15, 0.2) is 5.56 Å². The van der Waals surface area contributed by atoms with E-state index in [1.807, 2.05) is 0 Å². The van der Waals surface area contributed by atoms with E-state index in [1.54, 1.807) is 6.07 Å². The van der Waals surface area contributed by atoms with Gasteiger partial charge in [-0.25, -0.2) is 4.79 Å². The molecule has 0 radical (unpaired) electrons. The maximum Gasteiger partial charge on any atom is 0.346 e. The summed E-state index contributed by atoms with van der Waals surface area (Å²) in [4.78, 5) is 21.2. The molecular weight excluding hydrogens is 214 g/mol. The number of hydrogen-bond donors (Lipinski definition) is 1.